The predicted molar refractivity (Wildman–Crippen MR) is 75.0 cm³/mol. The van der Waals surface area contributed by atoms with Crippen molar-refractivity contribution in [1.29, 1.82) is 0 Å². The molecule has 0 saturated carbocycles. The summed E-state index contributed by atoms with van der Waals surface area (Å²) < 4.78 is 0. The molecule has 1 N–H and O–H groups in total. The van der Waals surface area contributed by atoms with Gasteiger partial charge in [-0.3, -0.25) is 5.10 Å². The van der Waals surface area contributed by atoms with Gasteiger partial charge >= 0.3 is 0 Å². The van der Waals surface area contributed by atoms with Gasteiger partial charge in [0.25, 0.3) is 0 Å². The fourth-order valence-corrected chi connectivity index (χ4v) is 3.61. The lowest BCUT2D eigenvalue weighted by molar-refractivity contribution is 0.843. The molecule has 0 unspecified atom stereocenters. The first-order valence-electron chi connectivity index (χ1n) is 6.35. The summed E-state index contributed by atoms with van der Waals surface area (Å²) in [5.74, 6) is 0.760. The first-order valence-corrected chi connectivity index (χ1v) is 7.17. The van der Waals surface area contributed by atoms with Crippen LogP contribution in [0.5, 0.6) is 0 Å². The molecule has 0 amide bonds. The van der Waals surface area contributed by atoms with E-state index in [1.54, 1.807) is 11.3 Å². The Balaban J connectivity index is 1.90. The van der Waals surface area contributed by atoms with E-state index < -0.39 is 0 Å². The van der Waals surface area contributed by atoms with Crippen molar-refractivity contribution >= 4 is 11.3 Å². The quantitative estimate of drug-likeness (QED) is 0.738. The minimum atomic E-state index is 0.760. The molecule has 3 aromatic rings. The van der Waals surface area contributed by atoms with Crippen LogP contribution in [0.2, 0.25) is 0 Å². The molecular formula is C14H12N4S. The maximum atomic E-state index is 4.78. The van der Waals surface area contributed by atoms with E-state index in [1.165, 1.54) is 28.8 Å². The summed E-state index contributed by atoms with van der Waals surface area (Å²) in [4.78, 5) is 10.3. The van der Waals surface area contributed by atoms with Gasteiger partial charge < -0.3 is 0 Å². The molecule has 4 nitrogen and oxygen atoms in total. The second-order valence-corrected chi connectivity index (χ2v) is 5.72. The Bertz CT molecular complexity index is 715. The zero-order valence-electron chi connectivity index (χ0n) is 10.3. The first-order chi connectivity index (χ1) is 9.42. The van der Waals surface area contributed by atoms with Crippen LogP contribution in [0.1, 0.15) is 16.9 Å². The Hall–Kier alpha value is -2.01. The van der Waals surface area contributed by atoms with Crippen molar-refractivity contribution < 1.29 is 0 Å². The number of H-pyrrole nitrogens is 1. The van der Waals surface area contributed by atoms with Crippen molar-refractivity contribution in [2.24, 2.45) is 0 Å². The van der Waals surface area contributed by atoms with E-state index in [9.17, 15) is 0 Å². The van der Waals surface area contributed by atoms with Gasteiger partial charge in [-0.1, -0.05) is 24.3 Å². The summed E-state index contributed by atoms with van der Waals surface area (Å²) in [6.07, 6.45) is 4.94. The van der Waals surface area contributed by atoms with Crippen LogP contribution in [0.25, 0.3) is 22.1 Å². The van der Waals surface area contributed by atoms with Crippen molar-refractivity contribution in [3.63, 3.8) is 0 Å². The highest BCUT2D eigenvalue weighted by Gasteiger charge is 2.20. The molecule has 94 valence electrons. The number of nitrogens with one attached hydrogen (secondary N) is 1. The smallest absolute Gasteiger partial charge is 0.184 e. The number of thiazole rings is 1. The number of rotatable bonds is 1. The van der Waals surface area contributed by atoms with Crippen molar-refractivity contribution in [1.82, 2.24) is 20.2 Å². The predicted octanol–water partition coefficient (Wildman–Crippen LogP) is 3.08. The van der Waals surface area contributed by atoms with E-state index in [0.717, 1.165) is 29.4 Å². The van der Waals surface area contributed by atoms with Gasteiger partial charge in [0.2, 0.25) is 0 Å². The van der Waals surface area contributed by atoms with Gasteiger partial charge in [0, 0.05) is 10.4 Å². The zero-order valence-corrected chi connectivity index (χ0v) is 11.1. The molecule has 2 aromatic heterocycles. The van der Waals surface area contributed by atoms with Gasteiger partial charge in [-0.15, -0.1) is 11.3 Å². The lowest BCUT2D eigenvalue weighted by Crippen LogP contribution is -1.87. The van der Waals surface area contributed by atoms with Crippen LogP contribution in [0.3, 0.4) is 0 Å². The number of hydrogen-bond acceptors (Lipinski definition) is 4. The van der Waals surface area contributed by atoms with Crippen molar-refractivity contribution in [2.45, 2.75) is 19.3 Å². The van der Waals surface area contributed by atoms with Crippen LogP contribution in [0.4, 0.5) is 0 Å². The second-order valence-electron chi connectivity index (χ2n) is 4.64. The molecule has 4 rings (SSSR count). The molecule has 0 fully saturated rings. The number of aromatic nitrogens is 4. The third kappa shape index (κ3) is 1.77. The average Bonchev–Trinajstić information content (AvgIpc) is 3.06. The number of benzene rings is 1. The van der Waals surface area contributed by atoms with Gasteiger partial charge in [0.1, 0.15) is 6.33 Å². The normalized spacial score (nSPS) is 13.7. The molecule has 0 saturated heterocycles. The van der Waals surface area contributed by atoms with Crippen LogP contribution in [-0.4, -0.2) is 20.2 Å². The summed E-state index contributed by atoms with van der Waals surface area (Å²) in [7, 11) is 0. The molecule has 0 spiro atoms. The fourth-order valence-electron chi connectivity index (χ4n) is 2.55. The largest absolute Gasteiger partial charge is 0.257 e. The average molecular weight is 268 g/mol. The molecule has 2 heterocycles. The Kier molecular flexibility index (Phi) is 2.45. The standard InChI is InChI=1S/C14H12N4S/c1-2-6-10-9(4-1)5-3-7-11-12(10)17-14(19-11)13-15-8-16-18-13/h1-2,4,6,8H,3,5,7H2,(H,15,16,18). The third-order valence-electron chi connectivity index (χ3n) is 3.44. The van der Waals surface area contributed by atoms with E-state index in [2.05, 4.69) is 39.4 Å². The van der Waals surface area contributed by atoms with Crippen molar-refractivity contribution in [2.75, 3.05) is 0 Å². The molecule has 5 heteroatoms. The van der Waals surface area contributed by atoms with Gasteiger partial charge in [-0.2, -0.15) is 5.10 Å². The maximum Gasteiger partial charge on any atom is 0.184 e. The SMILES string of the molecule is c1ccc2c(c1)CCCc1sc(-c3ncn[nH]3)nc1-2. The van der Waals surface area contributed by atoms with Gasteiger partial charge in [0.15, 0.2) is 10.8 Å². The topological polar surface area (TPSA) is 54.5 Å². The summed E-state index contributed by atoms with van der Waals surface area (Å²) in [5.41, 5.74) is 3.80. The minimum absolute atomic E-state index is 0.760. The number of nitrogens with zero attached hydrogens (tertiary/aromatic N) is 3. The van der Waals surface area contributed by atoms with E-state index in [4.69, 9.17) is 4.98 Å². The monoisotopic (exact) mass is 268 g/mol. The highest BCUT2D eigenvalue weighted by molar-refractivity contribution is 7.15. The van der Waals surface area contributed by atoms with Gasteiger partial charge in [-0.05, 0) is 24.8 Å². The van der Waals surface area contributed by atoms with Crippen LogP contribution < -0.4 is 0 Å². The van der Waals surface area contributed by atoms with Crippen molar-refractivity contribution in [3.05, 3.63) is 41.0 Å². The summed E-state index contributed by atoms with van der Waals surface area (Å²) in [5, 5.41) is 7.72. The molecule has 1 aliphatic carbocycles. The Morgan fingerprint density at radius 3 is 3.00 bits per heavy atom. The van der Waals surface area contributed by atoms with Gasteiger partial charge in [-0.25, -0.2) is 9.97 Å². The van der Waals surface area contributed by atoms with Gasteiger partial charge in [0.05, 0.1) is 5.69 Å². The van der Waals surface area contributed by atoms with E-state index >= 15 is 0 Å². The Morgan fingerprint density at radius 2 is 2.11 bits per heavy atom. The first kappa shape index (κ1) is 10.9. The molecule has 0 atom stereocenters. The summed E-state index contributed by atoms with van der Waals surface area (Å²) in [6, 6.07) is 8.57. The van der Waals surface area contributed by atoms with E-state index in [0.29, 0.717) is 0 Å². The molecular weight excluding hydrogens is 256 g/mol. The lowest BCUT2D eigenvalue weighted by atomic mass is 10.0. The zero-order chi connectivity index (χ0) is 12.7. The number of aromatic amines is 1. The van der Waals surface area contributed by atoms with Crippen molar-refractivity contribution in [3.8, 4) is 22.1 Å². The molecule has 0 radical (unpaired) electrons. The minimum Gasteiger partial charge on any atom is -0.257 e. The molecule has 0 bridgehead atoms. The summed E-state index contributed by atoms with van der Waals surface area (Å²) in [6.45, 7) is 0. The lowest BCUT2D eigenvalue weighted by Gasteiger charge is -2.03. The second kappa shape index (κ2) is 4.28. The number of aryl methyl sites for hydroxylation is 2. The fraction of sp³-hybridized carbons (Fsp3) is 0.214. The van der Waals surface area contributed by atoms with Crippen LogP contribution in [-0.2, 0) is 12.8 Å². The molecule has 1 aromatic carbocycles. The number of fused-ring (bicyclic) bond motifs is 3. The highest BCUT2D eigenvalue weighted by Crippen LogP contribution is 2.37. The van der Waals surface area contributed by atoms with Crippen LogP contribution >= 0.6 is 11.3 Å². The Morgan fingerprint density at radius 1 is 1.16 bits per heavy atom. The third-order valence-corrected chi connectivity index (χ3v) is 4.56. The molecule has 19 heavy (non-hydrogen) atoms. The van der Waals surface area contributed by atoms with Crippen LogP contribution in [0.15, 0.2) is 30.6 Å². The van der Waals surface area contributed by atoms with E-state index in [1.807, 2.05) is 0 Å². The maximum absolute atomic E-state index is 4.78. The molecule has 1 aliphatic rings. The number of hydrogen-bond donors (Lipinski definition) is 1. The Labute approximate surface area is 114 Å². The van der Waals surface area contributed by atoms with E-state index in [-0.39, 0.29) is 0 Å². The molecule has 0 aliphatic heterocycles. The summed E-state index contributed by atoms with van der Waals surface area (Å²) >= 11 is 1.73. The van der Waals surface area contributed by atoms with Crippen LogP contribution in [0, 0.1) is 0 Å². The highest BCUT2D eigenvalue weighted by atomic mass is 32.1.